The minimum absolute atomic E-state index is 0.0103. The van der Waals surface area contributed by atoms with Gasteiger partial charge in [-0.15, -0.1) is 0 Å². The van der Waals surface area contributed by atoms with Gasteiger partial charge in [0, 0.05) is 7.05 Å². The van der Waals surface area contributed by atoms with Gasteiger partial charge in [-0.05, 0) is 31.5 Å². The highest BCUT2D eigenvalue weighted by atomic mass is 16.2. The molecule has 24 heavy (non-hydrogen) atoms. The molecule has 1 unspecified atom stereocenters. The van der Waals surface area contributed by atoms with Crippen LogP contribution >= 0.6 is 0 Å². The van der Waals surface area contributed by atoms with Crippen molar-refractivity contribution < 1.29 is 4.79 Å². The number of carbonyl (C=O) groups excluding carboxylic acids is 1. The first kappa shape index (κ1) is 16.1. The summed E-state index contributed by atoms with van der Waals surface area (Å²) in [6.07, 6.45) is 0. The number of hydrogen-bond acceptors (Lipinski definition) is 2. The highest BCUT2D eigenvalue weighted by Gasteiger charge is 2.15. The minimum atomic E-state index is -0.186. The molecule has 0 radical (unpaired) electrons. The summed E-state index contributed by atoms with van der Waals surface area (Å²) in [4.78, 5) is 24.8. The van der Waals surface area contributed by atoms with E-state index >= 15 is 0 Å². The largest absolute Gasteiger partial charge is 0.348 e. The Kier molecular flexibility index (Phi) is 4.25. The number of nitrogens with zero attached hydrogens (tertiary/aromatic N) is 2. The van der Waals surface area contributed by atoms with Gasteiger partial charge in [-0.1, -0.05) is 42.0 Å². The van der Waals surface area contributed by atoms with Crippen molar-refractivity contribution in [1.82, 2.24) is 14.5 Å². The number of aryl methyl sites for hydroxylation is 2. The van der Waals surface area contributed by atoms with Gasteiger partial charge in [-0.3, -0.25) is 13.9 Å². The van der Waals surface area contributed by atoms with Gasteiger partial charge in [0.05, 0.1) is 17.1 Å². The fraction of sp³-hybridized carbons (Fsp3) is 0.263. The third-order valence-corrected chi connectivity index (χ3v) is 4.31. The second kappa shape index (κ2) is 6.35. The van der Waals surface area contributed by atoms with E-state index < -0.39 is 0 Å². The summed E-state index contributed by atoms with van der Waals surface area (Å²) in [7, 11) is 1.72. The lowest BCUT2D eigenvalue weighted by molar-refractivity contribution is -0.122. The molecule has 1 atom stereocenters. The minimum Gasteiger partial charge on any atom is -0.348 e. The Morgan fingerprint density at radius 1 is 1.08 bits per heavy atom. The maximum atomic E-state index is 12.4. The van der Waals surface area contributed by atoms with Crippen LogP contribution in [-0.4, -0.2) is 15.0 Å². The van der Waals surface area contributed by atoms with E-state index in [0.29, 0.717) is 0 Å². The number of carbonyl (C=O) groups is 1. The summed E-state index contributed by atoms with van der Waals surface area (Å²) < 4.78 is 3.07. The predicted molar refractivity (Wildman–Crippen MR) is 94.9 cm³/mol. The van der Waals surface area contributed by atoms with Crippen LogP contribution in [0, 0.1) is 6.92 Å². The molecule has 1 heterocycles. The Morgan fingerprint density at radius 3 is 2.38 bits per heavy atom. The number of benzene rings is 2. The summed E-state index contributed by atoms with van der Waals surface area (Å²) in [6.45, 7) is 3.98. The maximum Gasteiger partial charge on any atom is 0.329 e. The van der Waals surface area contributed by atoms with Crippen molar-refractivity contribution >= 4 is 16.9 Å². The van der Waals surface area contributed by atoms with Crippen LogP contribution in [0.1, 0.15) is 24.1 Å². The quantitative estimate of drug-likeness (QED) is 0.802. The van der Waals surface area contributed by atoms with Crippen LogP contribution in [-0.2, 0) is 18.4 Å². The highest BCUT2D eigenvalue weighted by molar-refractivity contribution is 5.81. The lowest BCUT2D eigenvalue weighted by Gasteiger charge is -2.15. The van der Waals surface area contributed by atoms with Crippen molar-refractivity contribution in [3.63, 3.8) is 0 Å². The van der Waals surface area contributed by atoms with E-state index in [9.17, 15) is 9.59 Å². The topological polar surface area (TPSA) is 56.0 Å². The SMILES string of the molecule is Cc1ccc(C(C)NC(=O)Cn2c(=O)n(C)c3ccccc32)cc1. The standard InChI is InChI=1S/C19H21N3O2/c1-13-8-10-15(11-9-13)14(2)20-18(23)12-22-17-7-5-4-6-16(17)21(3)19(22)24/h4-11,14H,12H2,1-3H3,(H,20,23). The van der Waals surface area contributed by atoms with Crippen LogP contribution in [0.2, 0.25) is 0 Å². The monoisotopic (exact) mass is 323 g/mol. The molecule has 0 fully saturated rings. The maximum absolute atomic E-state index is 12.4. The number of imidazole rings is 1. The Bertz CT molecular complexity index is 935. The molecule has 1 N–H and O–H groups in total. The first-order chi connectivity index (χ1) is 11.5. The Balaban J connectivity index is 1.79. The average Bonchev–Trinajstić information content (AvgIpc) is 2.81. The van der Waals surface area contributed by atoms with Gasteiger partial charge in [-0.2, -0.15) is 0 Å². The molecule has 0 bridgehead atoms. The molecular weight excluding hydrogens is 302 g/mol. The summed E-state index contributed by atoms with van der Waals surface area (Å²) in [6, 6.07) is 15.4. The third kappa shape index (κ3) is 2.97. The third-order valence-electron chi connectivity index (χ3n) is 4.31. The van der Waals surface area contributed by atoms with E-state index in [1.165, 1.54) is 10.1 Å². The predicted octanol–water partition coefficient (Wildman–Crippen LogP) is 2.53. The van der Waals surface area contributed by atoms with Crippen molar-refractivity contribution in [2.45, 2.75) is 26.4 Å². The smallest absolute Gasteiger partial charge is 0.329 e. The molecule has 3 aromatic rings. The summed E-state index contributed by atoms with van der Waals surface area (Å²) >= 11 is 0. The van der Waals surface area contributed by atoms with Gasteiger partial charge in [0.15, 0.2) is 0 Å². The van der Waals surface area contributed by atoms with Gasteiger partial charge in [0.25, 0.3) is 0 Å². The van der Waals surface area contributed by atoms with Gasteiger partial charge in [0.2, 0.25) is 5.91 Å². The number of nitrogens with one attached hydrogen (secondary N) is 1. The highest BCUT2D eigenvalue weighted by Crippen LogP contribution is 2.14. The van der Waals surface area contributed by atoms with Crippen molar-refractivity contribution in [2.75, 3.05) is 0 Å². The summed E-state index contributed by atoms with van der Waals surface area (Å²) in [5.41, 5.74) is 3.62. The zero-order valence-corrected chi connectivity index (χ0v) is 14.1. The molecule has 0 aliphatic rings. The number of para-hydroxylation sites is 2. The zero-order valence-electron chi connectivity index (χ0n) is 14.1. The molecule has 0 saturated heterocycles. The van der Waals surface area contributed by atoms with E-state index in [0.717, 1.165) is 16.6 Å². The van der Waals surface area contributed by atoms with Crippen molar-refractivity contribution in [2.24, 2.45) is 7.05 Å². The van der Waals surface area contributed by atoms with Gasteiger partial charge < -0.3 is 5.32 Å². The van der Waals surface area contributed by atoms with E-state index in [4.69, 9.17) is 0 Å². The molecule has 3 rings (SSSR count). The number of rotatable bonds is 4. The van der Waals surface area contributed by atoms with Crippen molar-refractivity contribution in [1.29, 1.82) is 0 Å². The normalized spacial score (nSPS) is 12.3. The van der Waals surface area contributed by atoms with E-state index in [1.54, 1.807) is 11.6 Å². The number of aromatic nitrogens is 2. The Morgan fingerprint density at radius 2 is 1.71 bits per heavy atom. The van der Waals surface area contributed by atoms with Crippen LogP contribution in [0.4, 0.5) is 0 Å². The zero-order chi connectivity index (χ0) is 17.3. The van der Waals surface area contributed by atoms with Crippen molar-refractivity contribution in [3.8, 4) is 0 Å². The lowest BCUT2D eigenvalue weighted by atomic mass is 10.1. The fourth-order valence-electron chi connectivity index (χ4n) is 2.89. The molecule has 0 spiro atoms. The Hall–Kier alpha value is -2.82. The van der Waals surface area contributed by atoms with Crippen LogP contribution in [0.3, 0.4) is 0 Å². The lowest BCUT2D eigenvalue weighted by Crippen LogP contribution is -2.34. The number of fused-ring (bicyclic) bond motifs is 1. The molecule has 5 nitrogen and oxygen atoms in total. The number of amides is 1. The average molecular weight is 323 g/mol. The van der Waals surface area contributed by atoms with Crippen molar-refractivity contribution in [3.05, 3.63) is 70.1 Å². The van der Waals surface area contributed by atoms with Crippen LogP contribution in [0.15, 0.2) is 53.3 Å². The van der Waals surface area contributed by atoms with Crippen LogP contribution in [0.5, 0.6) is 0 Å². The molecule has 5 heteroatoms. The fourth-order valence-corrected chi connectivity index (χ4v) is 2.89. The second-order valence-electron chi connectivity index (χ2n) is 6.12. The van der Waals surface area contributed by atoms with Gasteiger partial charge in [0.1, 0.15) is 6.54 Å². The molecule has 0 aliphatic heterocycles. The summed E-state index contributed by atoms with van der Waals surface area (Å²) in [5.74, 6) is -0.179. The number of hydrogen-bond donors (Lipinski definition) is 1. The molecule has 124 valence electrons. The first-order valence-corrected chi connectivity index (χ1v) is 7.97. The second-order valence-corrected chi connectivity index (χ2v) is 6.12. The molecule has 1 aromatic heterocycles. The van der Waals surface area contributed by atoms with E-state index in [2.05, 4.69) is 5.32 Å². The van der Waals surface area contributed by atoms with Gasteiger partial charge in [-0.25, -0.2) is 4.79 Å². The Labute approximate surface area is 140 Å². The summed E-state index contributed by atoms with van der Waals surface area (Å²) in [5, 5.41) is 2.96. The van der Waals surface area contributed by atoms with Crippen LogP contribution in [0.25, 0.3) is 11.0 Å². The molecule has 0 saturated carbocycles. The van der Waals surface area contributed by atoms with Gasteiger partial charge >= 0.3 is 5.69 Å². The molecule has 2 aromatic carbocycles. The first-order valence-electron chi connectivity index (χ1n) is 7.97. The van der Waals surface area contributed by atoms with E-state index in [1.807, 2.05) is 62.4 Å². The van der Waals surface area contributed by atoms with E-state index in [-0.39, 0.29) is 24.2 Å². The molecular formula is C19H21N3O2. The molecule has 0 aliphatic carbocycles. The molecule has 1 amide bonds. The van der Waals surface area contributed by atoms with Crippen LogP contribution < -0.4 is 11.0 Å².